The Bertz CT molecular complexity index is 859. The van der Waals surface area contributed by atoms with Crippen LogP contribution in [-0.2, 0) is 6.42 Å². The standard InChI is InChI=1S/C16H17BrN6/c17-10-5-6-11-9(7-10)3-1-2-4-13(11)20-14-12-8-19-23-15(12)22-16(18)21-14/h5-8,13H,1-4H2,(H4,18,19,20,21,22,23). The number of anilines is 2. The Morgan fingerprint density at radius 1 is 1.26 bits per heavy atom. The highest BCUT2D eigenvalue weighted by Crippen LogP contribution is 2.34. The minimum atomic E-state index is 0.216. The maximum atomic E-state index is 5.82. The molecular formula is C16H17BrN6. The number of aromatic nitrogens is 4. The van der Waals surface area contributed by atoms with Crippen LogP contribution in [0.2, 0.25) is 0 Å². The third-order valence-corrected chi connectivity index (χ3v) is 4.80. The molecule has 0 saturated carbocycles. The van der Waals surface area contributed by atoms with Crippen molar-refractivity contribution in [3.05, 3.63) is 40.0 Å². The fourth-order valence-corrected chi connectivity index (χ4v) is 3.64. The summed E-state index contributed by atoms with van der Waals surface area (Å²) in [5.74, 6) is 0.982. The van der Waals surface area contributed by atoms with Gasteiger partial charge in [0.15, 0.2) is 5.65 Å². The monoisotopic (exact) mass is 372 g/mol. The minimum absolute atomic E-state index is 0.216. The van der Waals surface area contributed by atoms with Crippen LogP contribution in [0, 0.1) is 0 Å². The van der Waals surface area contributed by atoms with Crippen molar-refractivity contribution in [1.82, 2.24) is 20.2 Å². The SMILES string of the molecule is Nc1nc(NC2CCCCc3cc(Br)ccc32)c2cn[nH]c2n1. The molecule has 1 aromatic carbocycles. The molecular weight excluding hydrogens is 356 g/mol. The zero-order valence-corrected chi connectivity index (χ0v) is 14.1. The van der Waals surface area contributed by atoms with Crippen LogP contribution >= 0.6 is 15.9 Å². The number of hydrogen-bond donors (Lipinski definition) is 3. The fraction of sp³-hybridized carbons (Fsp3) is 0.312. The summed E-state index contributed by atoms with van der Waals surface area (Å²) in [6, 6.07) is 6.73. The van der Waals surface area contributed by atoms with Gasteiger partial charge in [-0.15, -0.1) is 0 Å². The van der Waals surface area contributed by atoms with Crippen molar-refractivity contribution in [3.63, 3.8) is 0 Å². The number of nitrogens with one attached hydrogen (secondary N) is 2. The van der Waals surface area contributed by atoms with E-state index in [0.717, 1.165) is 28.5 Å². The maximum absolute atomic E-state index is 5.82. The highest BCUT2D eigenvalue weighted by atomic mass is 79.9. The van der Waals surface area contributed by atoms with Crippen molar-refractivity contribution in [1.29, 1.82) is 0 Å². The summed E-state index contributed by atoms with van der Waals surface area (Å²) in [4.78, 5) is 8.54. The van der Waals surface area contributed by atoms with Crippen molar-refractivity contribution in [2.75, 3.05) is 11.1 Å². The second-order valence-electron chi connectivity index (χ2n) is 5.85. The average Bonchev–Trinajstić information content (AvgIpc) is 2.90. The lowest BCUT2D eigenvalue weighted by Crippen LogP contribution is -2.13. The Kier molecular flexibility index (Phi) is 3.65. The molecule has 23 heavy (non-hydrogen) atoms. The van der Waals surface area contributed by atoms with Gasteiger partial charge < -0.3 is 11.1 Å². The van der Waals surface area contributed by atoms with Crippen LogP contribution in [0.25, 0.3) is 11.0 Å². The van der Waals surface area contributed by atoms with Gasteiger partial charge in [-0.05, 0) is 42.5 Å². The molecule has 2 aromatic heterocycles. The van der Waals surface area contributed by atoms with Crippen molar-refractivity contribution < 1.29 is 0 Å². The Hall–Kier alpha value is -2.15. The molecule has 0 bridgehead atoms. The van der Waals surface area contributed by atoms with Gasteiger partial charge in [-0.3, -0.25) is 5.10 Å². The van der Waals surface area contributed by atoms with Crippen molar-refractivity contribution in [2.24, 2.45) is 0 Å². The van der Waals surface area contributed by atoms with Crippen molar-refractivity contribution in [3.8, 4) is 0 Å². The molecule has 2 heterocycles. The normalized spacial score (nSPS) is 17.7. The van der Waals surface area contributed by atoms with E-state index in [1.807, 2.05) is 0 Å². The number of fused-ring (bicyclic) bond motifs is 2. The van der Waals surface area contributed by atoms with E-state index in [2.05, 4.69) is 59.6 Å². The first-order valence-electron chi connectivity index (χ1n) is 7.72. The van der Waals surface area contributed by atoms with Crippen LogP contribution in [-0.4, -0.2) is 20.2 Å². The van der Waals surface area contributed by atoms with Gasteiger partial charge >= 0.3 is 0 Å². The number of halogens is 1. The number of aromatic amines is 1. The lowest BCUT2D eigenvalue weighted by atomic mass is 9.99. The molecule has 118 valence electrons. The third-order valence-electron chi connectivity index (χ3n) is 4.31. The lowest BCUT2D eigenvalue weighted by Gasteiger charge is -2.20. The molecule has 1 unspecified atom stereocenters. The van der Waals surface area contributed by atoms with Gasteiger partial charge in [-0.2, -0.15) is 15.1 Å². The third kappa shape index (κ3) is 2.76. The highest BCUT2D eigenvalue weighted by molar-refractivity contribution is 9.10. The number of nitrogens with two attached hydrogens (primary N) is 1. The van der Waals surface area contributed by atoms with E-state index >= 15 is 0 Å². The maximum Gasteiger partial charge on any atom is 0.224 e. The largest absolute Gasteiger partial charge is 0.368 e. The van der Waals surface area contributed by atoms with Crippen LogP contribution in [0.4, 0.5) is 11.8 Å². The first-order valence-corrected chi connectivity index (χ1v) is 8.51. The van der Waals surface area contributed by atoms with Crippen molar-refractivity contribution >= 4 is 38.7 Å². The number of H-pyrrole nitrogens is 1. The summed E-state index contributed by atoms with van der Waals surface area (Å²) in [6.07, 6.45) is 6.29. The quantitative estimate of drug-likeness (QED) is 0.597. The zero-order valence-electron chi connectivity index (χ0n) is 12.5. The van der Waals surface area contributed by atoms with Gasteiger partial charge in [0.05, 0.1) is 17.6 Å². The molecule has 0 radical (unpaired) electrons. The summed E-state index contributed by atoms with van der Waals surface area (Å²) in [6.45, 7) is 0. The van der Waals surface area contributed by atoms with Crippen LogP contribution in [0.3, 0.4) is 0 Å². The van der Waals surface area contributed by atoms with Crippen LogP contribution < -0.4 is 11.1 Å². The van der Waals surface area contributed by atoms with Gasteiger partial charge in [0, 0.05) is 4.47 Å². The Morgan fingerprint density at radius 2 is 2.17 bits per heavy atom. The highest BCUT2D eigenvalue weighted by Gasteiger charge is 2.20. The van der Waals surface area contributed by atoms with E-state index in [0.29, 0.717) is 5.65 Å². The minimum Gasteiger partial charge on any atom is -0.368 e. The van der Waals surface area contributed by atoms with E-state index in [1.54, 1.807) is 6.20 Å². The summed E-state index contributed by atoms with van der Waals surface area (Å²) < 4.78 is 1.13. The molecule has 0 amide bonds. The average molecular weight is 373 g/mol. The Morgan fingerprint density at radius 3 is 3.09 bits per heavy atom. The topological polar surface area (TPSA) is 92.5 Å². The smallest absolute Gasteiger partial charge is 0.224 e. The zero-order chi connectivity index (χ0) is 15.8. The molecule has 1 aliphatic rings. The molecule has 6 nitrogen and oxygen atoms in total. The summed E-state index contributed by atoms with van der Waals surface area (Å²) >= 11 is 3.57. The van der Waals surface area contributed by atoms with E-state index in [1.165, 1.54) is 24.0 Å². The predicted molar refractivity (Wildman–Crippen MR) is 94.2 cm³/mol. The summed E-state index contributed by atoms with van der Waals surface area (Å²) in [5, 5.41) is 11.3. The lowest BCUT2D eigenvalue weighted by molar-refractivity contribution is 0.643. The molecule has 7 heteroatoms. The first kappa shape index (κ1) is 14.4. The van der Waals surface area contributed by atoms with Gasteiger partial charge in [0.2, 0.25) is 5.95 Å². The molecule has 1 atom stereocenters. The van der Waals surface area contributed by atoms with E-state index < -0.39 is 0 Å². The first-order chi connectivity index (χ1) is 11.2. The molecule has 4 N–H and O–H groups in total. The number of rotatable bonds is 2. The molecule has 4 rings (SSSR count). The number of hydrogen-bond acceptors (Lipinski definition) is 5. The van der Waals surface area contributed by atoms with Crippen molar-refractivity contribution in [2.45, 2.75) is 31.7 Å². The number of aryl methyl sites for hydroxylation is 1. The molecule has 0 aliphatic heterocycles. The van der Waals surface area contributed by atoms with Gasteiger partial charge in [0.25, 0.3) is 0 Å². The second-order valence-corrected chi connectivity index (χ2v) is 6.76. The van der Waals surface area contributed by atoms with Gasteiger partial charge in [0.1, 0.15) is 5.82 Å². The fourth-order valence-electron chi connectivity index (χ4n) is 3.23. The Balaban J connectivity index is 1.74. The summed E-state index contributed by atoms with van der Waals surface area (Å²) in [7, 11) is 0. The van der Waals surface area contributed by atoms with Gasteiger partial charge in [-0.25, -0.2) is 0 Å². The Labute approximate surface area is 142 Å². The number of nitrogens with zero attached hydrogens (tertiary/aromatic N) is 3. The summed E-state index contributed by atoms with van der Waals surface area (Å²) in [5.41, 5.74) is 9.20. The van der Waals surface area contributed by atoms with Crippen LogP contribution in [0.1, 0.15) is 36.4 Å². The second kappa shape index (κ2) is 5.81. The van der Waals surface area contributed by atoms with E-state index in [9.17, 15) is 0 Å². The molecule has 0 fully saturated rings. The van der Waals surface area contributed by atoms with Crippen LogP contribution in [0.5, 0.6) is 0 Å². The number of benzene rings is 1. The molecule has 3 aromatic rings. The molecule has 1 aliphatic carbocycles. The molecule has 0 spiro atoms. The van der Waals surface area contributed by atoms with Crippen LogP contribution in [0.15, 0.2) is 28.9 Å². The molecule has 0 saturated heterocycles. The van der Waals surface area contributed by atoms with E-state index in [4.69, 9.17) is 5.73 Å². The van der Waals surface area contributed by atoms with E-state index in [-0.39, 0.29) is 12.0 Å². The predicted octanol–water partition coefficient (Wildman–Crippen LogP) is 3.58. The van der Waals surface area contributed by atoms with Gasteiger partial charge in [-0.1, -0.05) is 28.4 Å². The number of nitrogen functional groups attached to an aromatic ring is 1.